The van der Waals surface area contributed by atoms with E-state index in [0.717, 1.165) is 51.6 Å². The molecule has 176 valence electrons. The maximum absolute atomic E-state index is 14.2. The van der Waals surface area contributed by atoms with Crippen molar-refractivity contribution in [2.75, 3.05) is 19.8 Å². The number of carboxylic acid groups (broad SMARTS) is 1. The molecule has 2 atom stereocenters. The van der Waals surface area contributed by atoms with Gasteiger partial charge in [0.15, 0.2) is 6.10 Å². The molecular weight excluding hydrogens is 437 g/mol. The summed E-state index contributed by atoms with van der Waals surface area (Å²) in [6.45, 7) is 3.49. The molecule has 2 fully saturated rings. The summed E-state index contributed by atoms with van der Waals surface area (Å²) in [6, 6.07) is 9.44. The van der Waals surface area contributed by atoms with Gasteiger partial charge in [-0.15, -0.1) is 0 Å². The number of aromatic amines is 1. The maximum Gasteiger partial charge on any atom is 0.332 e. The Kier molecular flexibility index (Phi) is 5.15. The van der Waals surface area contributed by atoms with E-state index in [1.165, 1.54) is 6.07 Å². The van der Waals surface area contributed by atoms with Crippen LogP contribution in [0.3, 0.4) is 0 Å². The Morgan fingerprint density at radius 2 is 2.03 bits per heavy atom. The molecule has 0 amide bonds. The third-order valence-corrected chi connectivity index (χ3v) is 7.29. The average molecular weight is 464 g/mol. The molecule has 0 spiro atoms. The molecule has 0 saturated carbocycles. The van der Waals surface area contributed by atoms with Gasteiger partial charge in [-0.2, -0.15) is 5.10 Å². The summed E-state index contributed by atoms with van der Waals surface area (Å²) in [7, 11) is 0. The normalized spacial score (nSPS) is 21.6. The van der Waals surface area contributed by atoms with Crippen LogP contribution in [-0.2, 0) is 14.3 Å². The van der Waals surface area contributed by atoms with Gasteiger partial charge in [0.1, 0.15) is 5.82 Å². The third-order valence-electron chi connectivity index (χ3n) is 7.29. The zero-order valence-corrected chi connectivity index (χ0v) is 18.9. The molecule has 2 aromatic carbocycles. The van der Waals surface area contributed by atoms with Crippen LogP contribution in [-0.4, -0.2) is 51.8 Å². The van der Waals surface area contributed by atoms with Gasteiger partial charge in [-0.05, 0) is 67.6 Å². The van der Waals surface area contributed by atoms with Crippen LogP contribution in [0.1, 0.15) is 47.9 Å². The summed E-state index contributed by atoms with van der Waals surface area (Å²) < 4.78 is 27.8. The van der Waals surface area contributed by atoms with Crippen molar-refractivity contribution in [3.8, 4) is 5.69 Å². The van der Waals surface area contributed by atoms with E-state index in [1.54, 1.807) is 13.1 Å². The number of halogens is 1. The summed E-state index contributed by atoms with van der Waals surface area (Å²) >= 11 is 0. The Bertz CT molecular complexity index is 1400. The molecule has 0 radical (unpaired) electrons. The molecule has 2 aliphatic heterocycles. The highest BCUT2D eigenvalue weighted by Gasteiger charge is 2.37. The summed E-state index contributed by atoms with van der Waals surface area (Å²) in [5.41, 5.74) is 5.70. The third kappa shape index (κ3) is 3.40. The zero-order chi connectivity index (χ0) is 23.4. The molecule has 1 unspecified atom stereocenters. The van der Waals surface area contributed by atoms with Gasteiger partial charge < -0.3 is 19.1 Å². The summed E-state index contributed by atoms with van der Waals surface area (Å²) in [5.74, 6) is -0.978. The van der Waals surface area contributed by atoms with E-state index < -0.39 is 12.1 Å². The van der Waals surface area contributed by atoms with Gasteiger partial charge in [0, 0.05) is 47.2 Å². The number of H-pyrrole nitrogens is 1. The Hall–Kier alpha value is -3.23. The lowest BCUT2D eigenvalue weighted by atomic mass is 9.86. The topological polar surface area (TPSA) is 89.4 Å². The molecule has 6 rings (SSSR count). The van der Waals surface area contributed by atoms with Crippen molar-refractivity contribution in [3.05, 3.63) is 59.2 Å². The second-order valence-corrected chi connectivity index (χ2v) is 9.37. The number of hydrogen-bond acceptors (Lipinski definition) is 4. The van der Waals surface area contributed by atoms with Crippen molar-refractivity contribution < 1.29 is 23.8 Å². The second-order valence-electron chi connectivity index (χ2n) is 9.37. The Morgan fingerprint density at radius 1 is 1.21 bits per heavy atom. The minimum absolute atomic E-state index is 0.0513. The lowest BCUT2D eigenvalue weighted by Gasteiger charge is -2.27. The number of nitrogens with zero attached hydrogens (tertiary/aromatic N) is 2. The van der Waals surface area contributed by atoms with Gasteiger partial charge >= 0.3 is 5.97 Å². The van der Waals surface area contributed by atoms with E-state index in [9.17, 15) is 14.3 Å². The van der Waals surface area contributed by atoms with Gasteiger partial charge in [-0.1, -0.05) is 0 Å². The van der Waals surface area contributed by atoms with Gasteiger partial charge in [-0.25, -0.2) is 9.18 Å². The standard InChI is InChI=1S/C26H26FN3O4/c1-14-8-18(2-3-20(14)27)30-22-9-16-12-28-29-21(16)11-19(22)24(17-10-23(26(31)32)34-13-17)25(30)15-4-6-33-7-5-15/h2-3,8-9,11-12,15,17,23H,4-7,10,13H2,1H3,(H,28,29)(H,31,32)/t17?,23-/m1/s1. The molecule has 34 heavy (non-hydrogen) atoms. The molecule has 0 bridgehead atoms. The number of ether oxygens (including phenoxy) is 2. The maximum atomic E-state index is 14.2. The first-order chi connectivity index (χ1) is 16.5. The number of benzene rings is 2. The Labute approximate surface area is 195 Å². The number of aromatic nitrogens is 3. The van der Waals surface area contributed by atoms with E-state index in [-0.39, 0.29) is 17.7 Å². The Balaban J connectivity index is 1.66. The lowest BCUT2D eigenvalue weighted by molar-refractivity contribution is -0.147. The first kappa shape index (κ1) is 21.3. The summed E-state index contributed by atoms with van der Waals surface area (Å²) in [4.78, 5) is 11.7. The molecule has 4 aromatic rings. The van der Waals surface area contributed by atoms with E-state index in [2.05, 4.69) is 26.9 Å². The monoisotopic (exact) mass is 463 g/mol. The van der Waals surface area contributed by atoms with E-state index >= 15 is 0 Å². The number of nitrogens with one attached hydrogen (secondary N) is 1. The molecular formula is C26H26FN3O4. The number of hydrogen-bond donors (Lipinski definition) is 2. The fourth-order valence-electron chi connectivity index (χ4n) is 5.62. The number of carboxylic acids is 1. The van der Waals surface area contributed by atoms with E-state index in [0.29, 0.717) is 31.8 Å². The van der Waals surface area contributed by atoms with Crippen LogP contribution in [0.5, 0.6) is 0 Å². The van der Waals surface area contributed by atoms with Crippen LogP contribution in [0.25, 0.3) is 27.5 Å². The lowest BCUT2D eigenvalue weighted by Crippen LogP contribution is -2.20. The summed E-state index contributed by atoms with van der Waals surface area (Å²) in [5, 5.41) is 18.9. The quantitative estimate of drug-likeness (QED) is 0.454. The molecule has 2 aliphatic rings. The van der Waals surface area contributed by atoms with Crippen molar-refractivity contribution in [1.29, 1.82) is 0 Å². The minimum Gasteiger partial charge on any atom is -0.479 e. The fraction of sp³-hybridized carbons (Fsp3) is 0.385. The van der Waals surface area contributed by atoms with Crippen molar-refractivity contribution in [2.45, 2.75) is 44.1 Å². The van der Waals surface area contributed by atoms with Crippen molar-refractivity contribution in [3.63, 3.8) is 0 Å². The minimum atomic E-state index is -0.927. The number of aliphatic carboxylic acids is 1. The molecule has 0 aliphatic carbocycles. The first-order valence-electron chi connectivity index (χ1n) is 11.7. The zero-order valence-electron chi connectivity index (χ0n) is 18.9. The van der Waals surface area contributed by atoms with Crippen LogP contribution in [0, 0.1) is 12.7 Å². The van der Waals surface area contributed by atoms with Gasteiger partial charge in [0.25, 0.3) is 0 Å². The molecule has 4 heterocycles. The molecule has 7 nitrogen and oxygen atoms in total. The molecule has 8 heteroatoms. The SMILES string of the molecule is Cc1cc(-n2c(C3CCOCC3)c(C3CO[C@@H](C(=O)O)C3)c3cc4[nH]ncc4cc32)ccc1F. The smallest absolute Gasteiger partial charge is 0.332 e. The number of fused-ring (bicyclic) bond motifs is 2. The number of aryl methyl sites for hydroxylation is 1. The largest absolute Gasteiger partial charge is 0.479 e. The summed E-state index contributed by atoms with van der Waals surface area (Å²) in [6.07, 6.45) is 3.16. The molecule has 2 saturated heterocycles. The van der Waals surface area contributed by atoms with Crippen molar-refractivity contribution in [1.82, 2.24) is 14.8 Å². The van der Waals surface area contributed by atoms with Crippen LogP contribution in [0.2, 0.25) is 0 Å². The molecule has 2 N–H and O–H groups in total. The second kappa shape index (κ2) is 8.21. The fourth-order valence-corrected chi connectivity index (χ4v) is 5.62. The first-order valence-corrected chi connectivity index (χ1v) is 11.7. The number of carbonyl (C=O) groups is 1. The highest BCUT2D eigenvalue weighted by molar-refractivity contribution is 5.99. The van der Waals surface area contributed by atoms with E-state index in [4.69, 9.17) is 9.47 Å². The predicted molar refractivity (Wildman–Crippen MR) is 125 cm³/mol. The Morgan fingerprint density at radius 3 is 2.76 bits per heavy atom. The predicted octanol–water partition coefficient (Wildman–Crippen LogP) is 4.81. The van der Waals surface area contributed by atoms with Crippen LogP contribution < -0.4 is 0 Å². The number of rotatable bonds is 4. The average Bonchev–Trinajstić information content (AvgIpc) is 3.56. The highest BCUT2D eigenvalue weighted by Crippen LogP contribution is 2.45. The highest BCUT2D eigenvalue weighted by atomic mass is 19.1. The van der Waals surface area contributed by atoms with Gasteiger partial charge in [0.05, 0.1) is 23.8 Å². The van der Waals surface area contributed by atoms with E-state index in [1.807, 2.05) is 12.1 Å². The van der Waals surface area contributed by atoms with Crippen LogP contribution in [0.4, 0.5) is 4.39 Å². The van der Waals surface area contributed by atoms with Crippen LogP contribution in [0.15, 0.2) is 36.5 Å². The van der Waals surface area contributed by atoms with Gasteiger partial charge in [-0.3, -0.25) is 5.10 Å². The van der Waals surface area contributed by atoms with Crippen molar-refractivity contribution >= 4 is 27.8 Å². The van der Waals surface area contributed by atoms with Crippen LogP contribution >= 0.6 is 0 Å². The van der Waals surface area contributed by atoms with Gasteiger partial charge in [0.2, 0.25) is 0 Å². The van der Waals surface area contributed by atoms with Crippen molar-refractivity contribution in [2.24, 2.45) is 0 Å². The molecule has 2 aromatic heterocycles.